The summed E-state index contributed by atoms with van der Waals surface area (Å²) in [6.07, 6.45) is 5.94. The van der Waals surface area contributed by atoms with Crippen LogP contribution in [0.1, 0.15) is 39.9 Å². The van der Waals surface area contributed by atoms with Crippen LogP contribution in [0.2, 0.25) is 0 Å². The third-order valence-corrected chi connectivity index (χ3v) is 4.65. The Kier molecular flexibility index (Phi) is 4.54. The van der Waals surface area contributed by atoms with E-state index in [9.17, 15) is 4.79 Å². The second-order valence-electron chi connectivity index (χ2n) is 5.60. The Labute approximate surface area is 133 Å². The molecule has 0 bridgehead atoms. The number of nitrogens with zero attached hydrogens (tertiary/aromatic N) is 4. The van der Waals surface area contributed by atoms with Crippen LogP contribution < -0.4 is 0 Å². The van der Waals surface area contributed by atoms with Crippen LogP contribution >= 0.6 is 11.3 Å². The highest BCUT2D eigenvalue weighted by Crippen LogP contribution is 2.23. The number of carbonyl (C=O) groups is 1. The molecular formula is C15H20N4O2S. The number of rotatable bonds is 4. The van der Waals surface area contributed by atoms with Crippen molar-refractivity contribution in [2.45, 2.75) is 32.4 Å². The summed E-state index contributed by atoms with van der Waals surface area (Å²) in [5.74, 6) is 0.00665. The summed E-state index contributed by atoms with van der Waals surface area (Å²) in [7, 11) is 1.63. The second-order valence-corrected chi connectivity index (χ2v) is 6.55. The molecule has 7 heteroatoms. The molecule has 22 heavy (non-hydrogen) atoms. The van der Waals surface area contributed by atoms with E-state index >= 15 is 0 Å². The van der Waals surface area contributed by atoms with Crippen molar-refractivity contribution in [2.24, 2.45) is 0 Å². The van der Waals surface area contributed by atoms with Crippen LogP contribution in [0.15, 0.2) is 17.8 Å². The summed E-state index contributed by atoms with van der Waals surface area (Å²) >= 11 is 1.47. The largest absolute Gasteiger partial charge is 0.378 e. The number of aryl methyl sites for hydroxylation is 1. The maximum absolute atomic E-state index is 12.6. The van der Waals surface area contributed by atoms with E-state index in [-0.39, 0.29) is 11.9 Å². The Morgan fingerprint density at radius 3 is 3.14 bits per heavy atom. The minimum absolute atomic E-state index is 0.00665. The van der Waals surface area contributed by atoms with Crippen LogP contribution in [0.25, 0.3) is 0 Å². The average molecular weight is 320 g/mol. The van der Waals surface area contributed by atoms with Gasteiger partial charge in [0.05, 0.1) is 18.8 Å². The standard InChI is InChI=1S/C15H20N4O2S/c1-11-6-16-19(7-11)12-4-3-5-18(8-12)15(20)13-10-22-14(17-13)9-21-2/h6-7,10,12H,3-5,8-9H2,1-2H3/t12-/m0/s1. The third-order valence-electron chi connectivity index (χ3n) is 3.83. The highest BCUT2D eigenvalue weighted by molar-refractivity contribution is 7.09. The number of amides is 1. The molecule has 0 spiro atoms. The predicted molar refractivity (Wildman–Crippen MR) is 84.0 cm³/mol. The number of methoxy groups -OCH3 is 1. The quantitative estimate of drug-likeness (QED) is 0.867. The monoisotopic (exact) mass is 320 g/mol. The molecular weight excluding hydrogens is 300 g/mol. The molecule has 0 aromatic carbocycles. The summed E-state index contributed by atoms with van der Waals surface area (Å²) in [4.78, 5) is 18.8. The number of thiazole rings is 1. The molecule has 3 heterocycles. The summed E-state index contributed by atoms with van der Waals surface area (Å²) in [6.45, 7) is 3.96. The number of hydrogen-bond acceptors (Lipinski definition) is 5. The lowest BCUT2D eigenvalue weighted by Gasteiger charge is -2.32. The molecule has 1 aliphatic heterocycles. The molecule has 2 aromatic heterocycles. The second kappa shape index (κ2) is 6.58. The number of aromatic nitrogens is 3. The van der Waals surface area contributed by atoms with Gasteiger partial charge in [-0.2, -0.15) is 5.10 Å². The lowest BCUT2D eigenvalue weighted by atomic mass is 10.1. The highest BCUT2D eigenvalue weighted by atomic mass is 32.1. The minimum atomic E-state index is 0.00665. The average Bonchev–Trinajstić information content (AvgIpc) is 3.16. The molecule has 3 rings (SSSR count). The van der Waals surface area contributed by atoms with Gasteiger partial charge in [0.2, 0.25) is 0 Å². The van der Waals surface area contributed by atoms with Gasteiger partial charge in [0.15, 0.2) is 0 Å². The first-order chi connectivity index (χ1) is 10.7. The van der Waals surface area contributed by atoms with Gasteiger partial charge in [-0.15, -0.1) is 11.3 Å². The molecule has 0 unspecified atom stereocenters. The van der Waals surface area contributed by atoms with E-state index in [1.165, 1.54) is 11.3 Å². The van der Waals surface area contributed by atoms with Gasteiger partial charge in [0.25, 0.3) is 5.91 Å². The maximum atomic E-state index is 12.6. The van der Waals surface area contributed by atoms with Crippen molar-refractivity contribution in [3.05, 3.63) is 34.0 Å². The Bertz CT molecular complexity index is 652. The van der Waals surface area contributed by atoms with Gasteiger partial charge in [-0.25, -0.2) is 4.98 Å². The topological polar surface area (TPSA) is 60.2 Å². The highest BCUT2D eigenvalue weighted by Gasteiger charge is 2.27. The van der Waals surface area contributed by atoms with Gasteiger partial charge in [0.1, 0.15) is 10.7 Å². The molecule has 1 amide bonds. The normalized spacial score (nSPS) is 18.6. The molecule has 1 fully saturated rings. The van der Waals surface area contributed by atoms with Crippen molar-refractivity contribution < 1.29 is 9.53 Å². The molecule has 0 saturated carbocycles. The molecule has 0 aliphatic carbocycles. The fourth-order valence-electron chi connectivity index (χ4n) is 2.75. The van der Waals surface area contributed by atoms with Gasteiger partial charge in [-0.1, -0.05) is 0 Å². The van der Waals surface area contributed by atoms with Crippen molar-refractivity contribution in [1.29, 1.82) is 0 Å². The molecule has 1 aliphatic rings. The van der Waals surface area contributed by atoms with Crippen LogP contribution in [0.3, 0.4) is 0 Å². The molecule has 1 saturated heterocycles. The smallest absolute Gasteiger partial charge is 0.273 e. The summed E-state index contributed by atoms with van der Waals surface area (Å²) in [5.41, 5.74) is 1.67. The van der Waals surface area contributed by atoms with Crippen LogP contribution in [0.4, 0.5) is 0 Å². The maximum Gasteiger partial charge on any atom is 0.273 e. The Hall–Kier alpha value is -1.73. The van der Waals surface area contributed by atoms with Crippen LogP contribution in [-0.4, -0.2) is 45.8 Å². The first-order valence-corrected chi connectivity index (χ1v) is 8.28. The minimum Gasteiger partial charge on any atom is -0.378 e. The van der Waals surface area contributed by atoms with E-state index in [1.54, 1.807) is 7.11 Å². The Balaban J connectivity index is 1.69. The number of likely N-dealkylation sites (tertiary alicyclic amines) is 1. The SMILES string of the molecule is COCc1nc(C(=O)N2CCC[C@H](n3cc(C)cn3)C2)cs1. The number of piperidine rings is 1. The van der Waals surface area contributed by atoms with Crippen LogP contribution in [-0.2, 0) is 11.3 Å². The fraction of sp³-hybridized carbons (Fsp3) is 0.533. The van der Waals surface area contributed by atoms with Crippen molar-refractivity contribution in [3.8, 4) is 0 Å². The summed E-state index contributed by atoms with van der Waals surface area (Å²) < 4.78 is 7.03. The van der Waals surface area contributed by atoms with Gasteiger partial charge in [0, 0.05) is 31.8 Å². The van der Waals surface area contributed by atoms with E-state index in [0.717, 1.165) is 30.0 Å². The van der Waals surface area contributed by atoms with Crippen molar-refractivity contribution in [2.75, 3.05) is 20.2 Å². The lowest BCUT2D eigenvalue weighted by Crippen LogP contribution is -2.41. The first-order valence-electron chi connectivity index (χ1n) is 7.40. The zero-order chi connectivity index (χ0) is 15.5. The molecule has 0 radical (unpaired) electrons. The van der Waals surface area contributed by atoms with E-state index in [4.69, 9.17) is 4.74 Å². The van der Waals surface area contributed by atoms with E-state index in [0.29, 0.717) is 18.8 Å². The molecule has 6 nitrogen and oxygen atoms in total. The van der Waals surface area contributed by atoms with E-state index in [2.05, 4.69) is 10.1 Å². The van der Waals surface area contributed by atoms with Crippen LogP contribution in [0.5, 0.6) is 0 Å². The lowest BCUT2D eigenvalue weighted by molar-refractivity contribution is 0.0667. The Morgan fingerprint density at radius 1 is 1.55 bits per heavy atom. The van der Waals surface area contributed by atoms with Gasteiger partial charge in [-0.3, -0.25) is 9.48 Å². The third kappa shape index (κ3) is 3.20. The van der Waals surface area contributed by atoms with E-state index < -0.39 is 0 Å². The fourth-order valence-corrected chi connectivity index (χ4v) is 3.49. The molecule has 0 N–H and O–H groups in total. The molecule has 118 valence electrons. The van der Waals surface area contributed by atoms with Crippen molar-refractivity contribution >= 4 is 17.2 Å². The molecule has 2 aromatic rings. The zero-order valence-electron chi connectivity index (χ0n) is 12.9. The zero-order valence-corrected chi connectivity index (χ0v) is 13.7. The first kappa shape index (κ1) is 15.2. The van der Waals surface area contributed by atoms with Crippen molar-refractivity contribution in [1.82, 2.24) is 19.7 Å². The van der Waals surface area contributed by atoms with Gasteiger partial charge in [-0.05, 0) is 25.3 Å². The predicted octanol–water partition coefficient (Wildman–Crippen LogP) is 2.27. The van der Waals surface area contributed by atoms with Crippen molar-refractivity contribution in [3.63, 3.8) is 0 Å². The number of carbonyl (C=O) groups excluding carboxylic acids is 1. The number of ether oxygens (including phenoxy) is 1. The summed E-state index contributed by atoms with van der Waals surface area (Å²) in [5, 5.41) is 7.04. The van der Waals surface area contributed by atoms with Crippen LogP contribution in [0, 0.1) is 6.92 Å². The summed E-state index contributed by atoms with van der Waals surface area (Å²) in [6, 6.07) is 0.253. The Morgan fingerprint density at radius 2 is 2.41 bits per heavy atom. The van der Waals surface area contributed by atoms with Gasteiger partial charge >= 0.3 is 0 Å². The van der Waals surface area contributed by atoms with Gasteiger partial charge < -0.3 is 9.64 Å². The molecule has 1 atom stereocenters. The van der Waals surface area contributed by atoms with E-state index in [1.807, 2.05) is 34.3 Å². The number of hydrogen-bond donors (Lipinski definition) is 0.